The number of fused-ring (bicyclic) bond motifs is 1. The van der Waals surface area contributed by atoms with Crippen LogP contribution in [0.4, 0.5) is 0 Å². The minimum Gasteiger partial charge on any atom is -0.494 e. The highest BCUT2D eigenvalue weighted by Gasteiger charge is 2.15. The van der Waals surface area contributed by atoms with Gasteiger partial charge in [-0.25, -0.2) is 4.98 Å². The highest BCUT2D eigenvalue weighted by Crippen LogP contribution is 2.18. The van der Waals surface area contributed by atoms with Crippen LogP contribution in [0.15, 0.2) is 47.3 Å². The lowest BCUT2D eigenvalue weighted by atomic mass is 10.2. The van der Waals surface area contributed by atoms with Crippen LogP contribution in [-0.4, -0.2) is 40.5 Å². The molecule has 3 rings (SSSR count). The molecule has 8 heteroatoms. The Bertz CT molecular complexity index is 1100. The summed E-state index contributed by atoms with van der Waals surface area (Å²) in [5.74, 6) is 1.98. The summed E-state index contributed by atoms with van der Waals surface area (Å²) in [5.41, 5.74) is 0.276. The molecule has 0 unspecified atom stereocenters. The van der Waals surface area contributed by atoms with Crippen LogP contribution in [0.1, 0.15) is 38.9 Å². The molecule has 3 aromatic rings. The van der Waals surface area contributed by atoms with E-state index in [0.29, 0.717) is 54.4 Å². The Hall–Kier alpha value is -3.06. The SMILES string of the molecule is CCCN(Cc1nc2cc(Cl)ccc2c(=O)[nH]1)C(=O)CCCOc1ccc(OCC)cc1. The number of ether oxygens (including phenoxy) is 2. The van der Waals surface area contributed by atoms with Gasteiger partial charge in [-0.05, 0) is 62.2 Å². The normalized spacial score (nSPS) is 10.8. The van der Waals surface area contributed by atoms with Crippen LogP contribution in [0, 0.1) is 0 Å². The summed E-state index contributed by atoms with van der Waals surface area (Å²) in [7, 11) is 0. The molecular weight excluding hydrogens is 430 g/mol. The number of aromatic amines is 1. The number of halogens is 1. The molecular formula is C24H28ClN3O4. The maximum absolute atomic E-state index is 12.8. The summed E-state index contributed by atoms with van der Waals surface area (Å²) in [4.78, 5) is 34.1. The first-order chi connectivity index (χ1) is 15.5. The minimum absolute atomic E-state index is 0.00372. The average molecular weight is 458 g/mol. The molecule has 0 saturated heterocycles. The molecule has 1 amide bonds. The standard InChI is InChI=1S/C24H28ClN3O4/c1-3-13-28(16-22-26-21-15-17(25)7-12-20(21)24(30)27-22)23(29)6-5-14-32-19-10-8-18(9-11-19)31-4-2/h7-12,15H,3-6,13-14,16H2,1-2H3,(H,26,27,30). The van der Waals surface area contributed by atoms with Gasteiger partial charge in [0.2, 0.25) is 5.91 Å². The maximum atomic E-state index is 12.8. The number of nitrogens with one attached hydrogen (secondary N) is 1. The van der Waals surface area contributed by atoms with Gasteiger partial charge in [0, 0.05) is 18.0 Å². The van der Waals surface area contributed by atoms with E-state index in [1.165, 1.54) is 0 Å². The molecule has 0 saturated carbocycles. The van der Waals surface area contributed by atoms with Crippen molar-refractivity contribution >= 4 is 28.4 Å². The van der Waals surface area contributed by atoms with Gasteiger partial charge in [0.05, 0.1) is 30.7 Å². The first kappa shape index (κ1) is 23.6. The number of carbonyl (C=O) groups is 1. The fourth-order valence-electron chi connectivity index (χ4n) is 3.35. The van der Waals surface area contributed by atoms with Crippen molar-refractivity contribution in [1.29, 1.82) is 0 Å². The van der Waals surface area contributed by atoms with E-state index in [-0.39, 0.29) is 18.0 Å². The van der Waals surface area contributed by atoms with E-state index in [1.54, 1.807) is 23.1 Å². The second-order valence-corrected chi connectivity index (χ2v) is 7.78. The summed E-state index contributed by atoms with van der Waals surface area (Å²) < 4.78 is 11.1. The number of carbonyl (C=O) groups excluding carboxylic acids is 1. The number of nitrogens with zero attached hydrogens (tertiary/aromatic N) is 2. The van der Waals surface area contributed by atoms with Gasteiger partial charge in [-0.3, -0.25) is 9.59 Å². The molecule has 1 aromatic heterocycles. The first-order valence-electron chi connectivity index (χ1n) is 10.8. The molecule has 0 aliphatic heterocycles. The summed E-state index contributed by atoms with van der Waals surface area (Å²) in [6.45, 7) is 5.81. The van der Waals surface area contributed by atoms with E-state index in [0.717, 1.165) is 17.9 Å². The van der Waals surface area contributed by atoms with Crippen molar-refractivity contribution < 1.29 is 14.3 Å². The number of aromatic nitrogens is 2. The molecule has 1 N–H and O–H groups in total. The molecule has 0 radical (unpaired) electrons. The van der Waals surface area contributed by atoms with Crippen molar-refractivity contribution in [3.05, 3.63) is 63.7 Å². The van der Waals surface area contributed by atoms with Crippen molar-refractivity contribution in [2.75, 3.05) is 19.8 Å². The van der Waals surface area contributed by atoms with Gasteiger partial charge in [-0.1, -0.05) is 18.5 Å². The molecule has 32 heavy (non-hydrogen) atoms. The van der Waals surface area contributed by atoms with Gasteiger partial charge in [-0.15, -0.1) is 0 Å². The summed E-state index contributed by atoms with van der Waals surface area (Å²) >= 11 is 6.03. The van der Waals surface area contributed by atoms with Crippen LogP contribution in [0.5, 0.6) is 11.5 Å². The Morgan fingerprint density at radius 3 is 2.50 bits per heavy atom. The molecule has 0 aliphatic carbocycles. The van der Waals surface area contributed by atoms with Crippen molar-refractivity contribution in [2.24, 2.45) is 0 Å². The smallest absolute Gasteiger partial charge is 0.258 e. The molecule has 0 fully saturated rings. The van der Waals surface area contributed by atoms with E-state index in [9.17, 15) is 9.59 Å². The zero-order chi connectivity index (χ0) is 22.9. The van der Waals surface area contributed by atoms with Crippen molar-refractivity contribution in [2.45, 2.75) is 39.7 Å². The summed E-state index contributed by atoms with van der Waals surface area (Å²) in [5, 5.41) is 0.980. The molecule has 1 heterocycles. The lowest BCUT2D eigenvalue weighted by Gasteiger charge is -2.22. The second kappa shape index (κ2) is 11.5. The number of hydrogen-bond donors (Lipinski definition) is 1. The summed E-state index contributed by atoms with van der Waals surface area (Å²) in [6.07, 6.45) is 1.74. The number of hydrogen-bond acceptors (Lipinski definition) is 5. The third-order valence-corrected chi connectivity index (χ3v) is 5.08. The number of benzene rings is 2. The van der Waals surface area contributed by atoms with Gasteiger partial charge >= 0.3 is 0 Å². The van der Waals surface area contributed by atoms with Crippen molar-refractivity contribution in [1.82, 2.24) is 14.9 Å². The topological polar surface area (TPSA) is 84.5 Å². The highest BCUT2D eigenvalue weighted by molar-refractivity contribution is 6.31. The predicted molar refractivity (Wildman–Crippen MR) is 125 cm³/mol. The average Bonchev–Trinajstić information content (AvgIpc) is 2.77. The van der Waals surface area contributed by atoms with Gasteiger partial charge in [0.1, 0.15) is 17.3 Å². The van der Waals surface area contributed by atoms with Gasteiger partial charge in [0.15, 0.2) is 0 Å². The van der Waals surface area contributed by atoms with E-state index >= 15 is 0 Å². The van der Waals surface area contributed by atoms with E-state index in [2.05, 4.69) is 9.97 Å². The predicted octanol–water partition coefficient (Wildman–Crippen LogP) is 4.57. The Balaban J connectivity index is 1.56. The van der Waals surface area contributed by atoms with Crippen LogP contribution in [-0.2, 0) is 11.3 Å². The van der Waals surface area contributed by atoms with Crippen molar-refractivity contribution in [3.63, 3.8) is 0 Å². The molecule has 0 spiro atoms. The Kier molecular flexibility index (Phi) is 8.50. The third kappa shape index (κ3) is 6.47. The molecule has 0 atom stereocenters. The molecule has 170 valence electrons. The van der Waals surface area contributed by atoms with Crippen LogP contribution in [0.25, 0.3) is 10.9 Å². The van der Waals surface area contributed by atoms with Crippen LogP contribution >= 0.6 is 11.6 Å². The molecule has 2 aromatic carbocycles. The van der Waals surface area contributed by atoms with E-state index in [4.69, 9.17) is 21.1 Å². The van der Waals surface area contributed by atoms with Crippen molar-refractivity contribution in [3.8, 4) is 11.5 Å². The highest BCUT2D eigenvalue weighted by atomic mass is 35.5. The number of amides is 1. The summed E-state index contributed by atoms with van der Waals surface area (Å²) in [6, 6.07) is 12.4. The second-order valence-electron chi connectivity index (χ2n) is 7.35. The van der Waals surface area contributed by atoms with E-state index in [1.807, 2.05) is 38.1 Å². The largest absolute Gasteiger partial charge is 0.494 e. The Labute approximate surface area is 192 Å². The zero-order valence-corrected chi connectivity index (χ0v) is 19.2. The molecule has 7 nitrogen and oxygen atoms in total. The first-order valence-corrected chi connectivity index (χ1v) is 11.2. The van der Waals surface area contributed by atoms with Crippen LogP contribution < -0.4 is 15.0 Å². The lowest BCUT2D eigenvalue weighted by molar-refractivity contribution is -0.132. The zero-order valence-electron chi connectivity index (χ0n) is 18.4. The third-order valence-electron chi connectivity index (χ3n) is 4.84. The van der Waals surface area contributed by atoms with Crippen LogP contribution in [0.2, 0.25) is 5.02 Å². The Morgan fingerprint density at radius 2 is 1.81 bits per heavy atom. The fourth-order valence-corrected chi connectivity index (χ4v) is 3.52. The monoisotopic (exact) mass is 457 g/mol. The lowest BCUT2D eigenvalue weighted by Crippen LogP contribution is -2.32. The van der Waals surface area contributed by atoms with Crippen LogP contribution in [0.3, 0.4) is 0 Å². The number of rotatable bonds is 11. The number of H-pyrrole nitrogens is 1. The quantitative estimate of drug-likeness (QED) is 0.426. The maximum Gasteiger partial charge on any atom is 0.258 e. The minimum atomic E-state index is -0.241. The van der Waals surface area contributed by atoms with Gasteiger partial charge in [0.25, 0.3) is 5.56 Å². The molecule has 0 aliphatic rings. The molecule has 0 bridgehead atoms. The van der Waals surface area contributed by atoms with E-state index < -0.39 is 0 Å². The fraction of sp³-hybridized carbons (Fsp3) is 0.375. The van der Waals surface area contributed by atoms with Gasteiger partial charge in [-0.2, -0.15) is 0 Å². The van der Waals surface area contributed by atoms with Gasteiger partial charge < -0.3 is 19.4 Å². The Morgan fingerprint density at radius 1 is 1.09 bits per heavy atom.